The van der Waals surface area contributed by atoms with E-state index < -0.39 is 50.1 Å². The highest BCUT2D eigenvalue weighted by molar-refractivity contribution is 8.46. The summed E-state index contributed by atoms with van der Waals surface area (Å²) in [5, 5.41) is 0. The third-order valence-electron chi connectivity index (χ3n) is 2.06. The van der Waals surface area contributed by atoms with Gasteiger partial charge in [0.25, 0.3) is 6.49 Å². The summed E-state index contributed by atoms with van der Waals surface area (Å²) in [5.74, 6) is 0. The first-order valence-electron chi connectivity index (χ1n) is 4.58. The number of hydrogen-bond donors (Lipinski definition) is 4. The molecule has 3 N–H and O–H groups in total. The molecule has 0 spiro atoms. The van der Waals surface area contributed by atoms with E-state index in [-0.39, 0.29) is 0 Å². The monoisotopic (exact) mass is 350 g/mol. The van der Waals surface area contributed by atoms with Gasteiger partial charge in [-0.15, -0.1) is 0 Å². The Morgan fingerprint density at radius 3 is 1.61 bits per heavy atom. The Morgan fingerprint density at radius 2 is 1.33 bits per heavy atom. The zero-order valence-electron chi connectivity index (χ0n) is 8.84. The number of thiol groups is 1. The highest BCUT2D eigenvalue weighted by atomic mass is 32.7. The molecule has 0 aliphatic rings. The van der Waals surface area contributed by atoms with Gasteiger partial charge in [-0.3, -0.25) is 4.57 Å². The summed E-state index contributed by atoms with van der Waals surface area (Å²) in [6.45, 7) is -9.71. The molecule has 0 aromatic carbocycles. The first-order chi connectivity index (χ1) is 7.71. The van der Waals surface area contributed by atoms with Crippen LogP contribution in [0.2, 0.25) is 0 Å². The standard InChI is InChI=1S/C6H12F4O4P2S2/c7-5(8,15(11,12)17)3-1-2-4-6(9,10)16(13,14)18/h1-4H2,(H2,11,12,17)(H2,13,14,18). The topological polar surface area (TPSA) is 77.8 Å². The summed E-state index contributed by atoms with van der Waals surface area (Å²) in [6.07, 6.45) is -3.16. The summed E-state index contributed by atoms with van der Waals surface area (Å²) in [7, 11) is 0. The van der Waals surface area contributed by atoms with Crippen molar-refractivity contribution in [3.63, 3.8) is 0 Å². The second-order valence-corrected chi connectivity index (χ2v) is 10.3. The van der Waals surface area contributed by atoms with Gasteiger partial charge in [0, 0.05) is 12.8 Å². The van der Waals surface area contributed by atoms with Gasteiger partial charge in [-0.05, 0) is 24.6 Å². The molecule has 0 amide bonds. The number of unbranched alkanes of at least 4 members (excludes halogenated alkanes) is 1. The van der Waals surface area contributed by atoms with E-state index in [9.17, 15) is 22.1 Å². The number of halogens is 4. The fraction of sp³-hybridized carbons (Fsp3) is 1.00. The molecule has 0 aromatic heterocycles. The van der Waals surface area contributed by atoms with Gasteiger partial charge in [0.1, 0.15) is 0 Å². The number of hydrogen-bond acceptors (Lipinski definition) is 2. The van der Waals surface area contributed by atoms with Gasteiger partial charge >= 0.3 is 17.9 Å². The van der Waals surface area contributed by atoms with Crippen LogP contribution in [0.1, 0.15) is 25.7 Å². The van der Waals surface area contributed by atoms with Gasteiger partial charge < -0.3 is 14.7 Å². The van der Waals surface area contributed by atoms with E-state index in [2.05, 4.69) is 24.1 Å². The average molecular weight is 350 g/mol. The maximum Gasteiger partial charge on any atom is 0.330 e. The van der Waals surface area contributed by atoms with Gasteiger partial charge in [0.05, 0.1) is 0 Å². The first-order valence-corrected chi connectivity index (χ1v) is 10.1. The molecule has 1 atom stereocenters. The molecule has 0 aliphatic carbocycles. The van der Waals surface area contributed by atoms with Crippen LogP contribution in [0.5, 0.6) is 0 Å². The van der Waals surface area contributed by atoms with Crippen LogP contribution in [0.4, 0.5) is 17.6 Å². The fourth-order valence-corrected chi connectivity index (χ4v) is 2.44. The minimum atomic E-state index is -4.92. The molecule has 0 aromatic rings. The third kappa shape index (κ3) is 5.45. The van der Waals surface area contributed by atoms with Crippen molar-refractivity contribution in [3.8, 4) is 0 Å². The molecule has 110 valence electrons. The van der Waals surface area contributed by atoms with Crippen LogP contribution in [-0.2, 0) is 16.4 Å². The fourth-order valence-electron chi connectivity index (χ4n) is 0.967. The summed E-state index contributed by atoms with van der Waals surface area (Å²) in [6, 6.07) is 0. The molecule has 0 fully saturated rings. The van der Waals surface area contributed by atoms with Crippen molar-refractivity contribution in [2.45, 2.75) is 37.0 Å². The Hall–Kier alpha value is 0.830. The van der Waals surface area contributed by atoms with Crippen LogP contribution in [-0.4, -0.2) is 26.0 Å². The second kappa shape index (κ2) is 6.08. The quantitative estimate of drug-likeness (QED) is 0.246. The molecule has 4 nitrogen and oxygen atoms in total. The smallest absolute Gasteiger partial charge is 0.330 e. The van der Waals surface area contributed by atoms with Gasteiger partial charge in [0.2, 0.25) is 0 Å². The van der Waals surface area contributed by atoms with E-state index in [1.54, 1.807) is 0 Å². The Labute approximate surface area is 111 Å². The van der Waals surface area contributed by atoms with Crippen LogP contribution < -0.4 is 0 Å². The second-order valence-electron chi connectivity index (χ2n) is 3.63. The van der Waals surface area contributed by atoms with Crippen LogP contribution in [0.25, 0.3) is 0 Å². The average Bonchev–Trinajstić information content (AvgIpc) is 2.08. The van der Waals surface area contributed by atoms with Crippen molar-refractivity contribution >= 4 is 37.1 Å². The summed E-state index contributed by atoms with van der Waals surface area (Å²) < 4.78 is 62.3. The van der Waals surface area contributed by atoms with E-state index in [4.69, 9.17) is 14.7 Å². The molecule has 18 heavy (non-hydrogen) atoms. The van der Waals surface area contributed by atoms with Crippen molar-refractivity contribution in [2.24, 2.45) is 0 Å². The van der Waals surface area contributed by atoms with Crippen molar-refractivity contribution in [1.82, 2.24) is 0 Å². The lowest BCUT2D eigenvalue weighted by Crippen LogP contribution is -2.17. The predicted octanol–water partition coefficient (Wildman–Crippen LogP) is 3.14. The first kappa shape index (κ1) is 18.8. The molecule has 0 saturated carbocycles. The maximum absolute atomic E-state index is 12.9. The Balaban J connectivity index is 4.26. The number of rotatable bonds is 7. The van der Waals surface area contributed by atoms with Crippen LogP contribution in [0.15, 0.2) is 0 Å². The molecular formula is C6H12F4O4P2S2. The molecule has 0 radical (unpaired) electrons. The van der Waals surface area contributed by atoms with Crippen molar-refractivity contribution in [2.75, 3.05) is 0 Å². The summed E-state index contributed by atoms with van der Waals surface area (Å²) in [5.41, 5.74) is -7.88. The van der Waals surface area contributed by atoms with Crippen molar-refractivity contribution in [1.29, 1.82) is 0 Å². The van der Waals surface area contributed by atoms with Crippen molar-refractivity contribution in [3.05, 3.63) is 0 Å². The highest BCUT2D eigenvalue weighted by Gasteiger charge is 2.47. The third-order valence-corrected chi connectivity index (χ3v) is 5.89. The van der Waals surface area contributed by atoms with Gasteiger partial charge in [-0.25, -0.2) is 0 Å². The van der Waals surface area contributed by atoms with E-state index in [1.165, 1.54) is 0 Å². The van der Waals surface area contributed by atoms with Gasteiger partial charge in [-0.2, -0.15) is 17.6 Å². The predicted molar refractivity (Wildman–Crippen MR) is 65.9 cm³/mol. The van der Waals surface area contributed by atoms with E-state index in [0.29, 0.717) is 0 Å². The highest BCUT2D eigenvalue weighted by Crippen LogP contribution is 2.62. The van der Waals surface area contributed by atoms with Gasteiger partial charge in [-0.1, -0.05) is 12.2 Å². The number of alkyl halides is 4. The Kier molecular flexibility index (Phi) is 6.36. The molecular weight excluding hydrogens is 338 g/mol. The summed E-state index contributed by atoms with van der Waals surface area (Å²) in [4.78, 5) is 25.8. The molecule has 1 unspecified atom stereocenters. The van der Waals surface area contributed by atoms with Crippen LogP contribution in [0.3, 0.4) is 0 Å². The minimum Gasteiger partial charge on any atom is -0.341 e. The SMILES string of the molecule is O=P(O)(S)C(F)(F)CCCCC(F)(F)P(O)(O)=S. The molecule has 0 heterocycles. The molecule has 0 saturated heterocycles. The normalized spacial score (nSPS) is 17.6. The molecule has 0 aliphatic heterocycles. The molecule has 0 bridgehead atoms. The van der Waals surface area contributed by atoms with E-state index in [1.807, 2.05) is 0 Å². The minimum absolute atomic E-state index is 0.490. The summed E-state index contributed by atoms with van der Waals surface area (Å²) >= 11 is 6.69. The Bertz CT molecular complexity index is 344. The largest absolute Gasteiger partial charge is 0.341 e. The van der Waals surface area contributed by atoms with E-state index >= 15 is 0 Å². The maximum atomic E-state index is 12.9. The van der Waals surface area contributed by atoms with Crippen molar-refractivity contribution < 1.29 is 36.8 Å². The van der Waals surface area contributed by atoms with Gasteiger partial charge in [0.15, 0.2) is 0 Å². The molecule has 0 rings (SSSR count). The zero-order chi connectivity index (χ0) is 14.8. The lowest BCUT2D eigenvalue weighted by molar-refractivity contribution is 0.0499. The zero-order valence-corrected chi connectivity index (χ0v) is 12.3. The van der Waals surface area contributed by atoms with E-state index in [0.717, 1.165) is 0 Å². The lowest BCUT2D eigenvalue weighted by Gasteiger charge is -2.21. The lowest BCUT2D eigenvalue weighted by atomic mass is 10.2. The Morgan fingerprint density at radius 1 is 1.00 bits per heavy atom. The van der Waals surface area contributed by atoms with Crippen LogP contribution in [0, 0.1) is 0 Å². The van der Waals surface area contributed by atoms with Crippen LogP contribution >= 0.6 is 25.3 Å². The molecule has 12 heteroatoms.